The van der Waals surface area contributed by atoms with Gasteiger partial charge in [0.15, 0.2) is 0 Å². The monoisotopic (exact) mass is 185 g/mol. The zero-order chi connectivity index (χ0) is 10.3. The Morgan fingerprint density at radius 2 is 2.15 bits per heavy atom. The molecule has 0 rings (SSSR count). The van der Waals surface area contributed by atoms with Gasteiger partial charge >= 0.3 is 5.97 Å². The van der Waals surface area contributed by atoms with Crippen molar-refractivity contribution >= 4 is 11.9 Å². The fourth-order valence-electron chi connectivity index (χ4n) is 0.726. The lowest BCUT2D eigenvalue weighted by Crippen LogP contribution is -2.19. The molecule has 0 radical (unpaired) electrons. The first-order valence-electron chi connectivity index (χ1n) is 4.25. The van der Waals surface area contributed by atoms with E-state index in [9.17, 15) is 9.59 Å². The maximum atomic E-state index is 11.0. The van der Waals surface area contributed by atoms with Crippen molar-refractivity contribution in [2.45, 2.75) is 26.7 Å². The molecule has 0 heterocycles. The van der Waals surface area contributed by atoms with Crippen molar-refractivity contribution in [3.8, 4) is 0 Å². The van der Waals surface area contributed by atoms with Gasteiger partial charge in [-0.2, -0.15) is 0 Å². The molecular weight excluding hydrogens is 170 g/mol. The van der Waals surface area contributed by atoms with Crippen molar-refractivity contribution in [1.29, 1.82) is 0 Å². The molecule has 1 amide bonds. The highest BCUT2D eigenvalue weighted by Crippen LogP contribution is 2.05. The summed E-state index contributed by atoms with van der Waals surface area (Å²) in [7, 11) is 0. The Hall–Kier alpha value is -1.32. The molecule has 0 fully saturated rings. The van der Waals surface area contributed by atoms with Gasteiger partial charge in [0.2, 0.25) is 5.91 Å². The number of nitrogens with one attached hydrogen (secondary N) is 1. The van der Waals surface area contributed by atoms with Crippen molar-refractivity contribution in [2.75, 3.05) is 0 Å². The van der Waals surface area contributed by atoms with Gasteiger partial charge < -0.3 is 10.4 Å². The fraction of sp³-hybridized carbons (Fsp3) is 0.556. The molecule has 4 heteroatoms. The predicted octanol–water partition coefficient (Wildman–Crippen LogP) is 1.14. The van der Waals surface area contributed by atoms with Crippen molar-refractivity contribution in [1.82, 2.24) is 5.32 Å². The Balaban J connectivity index is 3.69. The first-order valence-corrected chi connectivity index (χ1v) is 4.25. The molecule has 1 atom stereocenters. The van der Waals surface area contributed by atoms with E-state index in [1.807, 2.05) is 13.8 Å². The molecule has 0 aromatic rings. The average molecular weight is 185 g/mol. The number of carbonyl (C=O) groups is 2. The molecule has 13 heavy (non-hydrogen) atoms. The third kappa shape index (κ3) is 7.05. The Labute approximate surface area is 77.6 Å². The van der Waals surface area contributed by atoms with Gasteiger partial charge in [-0.05, 0) is 5.92 Å². The third-order valence-electron chi connectivity index (χ3n) is 1.70. The predicted molar refractivity (Wildman–Crippen MR) is 49.0 cm³/mol. The lowest BCUT2D eigenvalue weighted by atomic mass is 10.1. The molecule has 0 aliphatic rings. The van der Waals surface area contributed by atoms with E-state index in [-0.39, 0.29) is 5.91 Å². The molecule has 0 bridgehead atoms. The minimum atomic E-state index is -1.07. The molecule has 0 saturated heterocycles. The number of rotatable bonds is 5. The van der Waals surface area contributed by atoms with Crippen LogP contribution in [0.15, 0.2) is 12.3 Å². The van der Waals surface area contributed by atoms with Gasteiger partial charge in [0, 0.05) is 18.7 Å². The van der Waals surface area contributed by atoms with E-state index in [0.29, 0.717) is 12.3 Å². The standard InChI is InChI=1S/C9H15NO3/c1-3-7(2)6-8(11)10-5-4-9(12)13/h4-5,7H,3,6H2,1-2H3,(H,10,11)(H,12,13). The third-order valence-corrected chi connectivity index (χ3v) is 1.70. The molecule has 0 aromatic heterocycles. The van der Waals surface area contributed by atoms with Crippen LogP contribution < -0.4 is 5.32 Å². The first kappa shape index (κ1) is 11.7. The Bertz CT molecular complexity index is 211. The highest BCUT2D eigenvalue weighted by atomic mass is 16.4. The number of carboxylic acids is 1. The van der Waals surface area contributed by atoms with Crippen LogP contribution in [0.3, 0.4) is 0 Å². The maximum Gasteiger partial charge on any atom is 0.329 e. The number of hydrogen-bond donors (Lipinski definition) is 2. The van der Waals surface area contributed by atoms with Gasteiger partial charge in [-0.15, -0.1) is 0 Å². The van der Waals surface area contributed by atoms with Crippen LogP contribution in [0.2, 0.25) is 0 Å². The average Bonchev–Trinajstić information content (AvgIpc) is 2.03. The molecule has 2 N–H and O–H groups in total. The van der Waals surface area contributed by atoms with Crippen molar-refractivity contribution < 1.29 is 14.7 Å². The van der Waals surface area contributed by atoms with E-state index in [4.69, 9.17) is 5.11 Å². The van der Waals surface area contributed by atoms with Crippen molar-refractivity contribution in [3.05, 3.63) is 12.3 Å². The summed E-state index contributed by atoms with van der Waals surface area (Å²) >= 11 is 0. The maximum absolute atomic E-state index is 11.0. The Morgan fingerprint density at radius 1 is 1.54 bits per heavy atom. The van der Waals surface area contributed by atoms with Crippen LogP contribution in [-0.2, 0) is 9.59 Å². The lowest BCUT2D eigenvalue weighted by Gasteiger charge is -2.05. The second-order valence-electron chi connectivity index (χ2n) is 2.96. The van der Waals surface area contributed by atoms with Crippen LogP contribution in [0.5, 0.6) is 0 Å². The van der Waals surface area contributed by atoms with Crippen molar-refractivity contribution in [2.24, 2.45) is 5.92 Å². The molecule has 74 valence electrons. The Kier molecular flexibility index (Phi) is 5.59. The molecule has 0 spiro atoms. The summed E-state index contributed by atoms with van der Waals surface area (Å²) in [5.74, 6) is -0.881. The molecule has 0 aliphatic carbocycles. The highest BCUT2D eigenvalue weighted by molar-refractivity contribution is 5.82. The summed E-state index contributed by atoms with van der Waals surface area (Å²) in [4.78, 5) is 21.1. The molecule has 0 saturated carbocycles. The molecule has 0 aromatic carbocycles. The summed E-state index contributed by atoms with van der Waals surface area (Å²) in [6.07, 6.45) is 3.41. The highest BCUT2D eigenvalue weighted by Gasteiger charge is 2.04. The normalized spacial score (nSPS) is 12.8. The minimum absolute atomic E-state index is 0.146. The van der Waals surface area contributed by atoms with Gasteiger partial charge in [-0.25, -0.2) is 4.79 Å². The SMILES string of the molecule is CCC(C)CC(=O)NC=CC(=O)O. The minimum Gasteiger partial charge on any atom is -0.478 e. The quantitative estimate of drug-likeness (QED) is 0.631. The summed E-state index contributed by atoms with van der Waals surface area (Å²) in [6, 6.07) is 0. The van der Waals surface area contributed by atoms with Gasteiger partial charge in [-0.1, -0.05) is 20.3 Å². The summed E-state index contributed by atoms with van der Waals surface area (Å²) in [5.41, 5.74) is 0. The molecule has 1 unspecified atom stereocenters. The number of carbonyl (C=O) groups excluding carboxylic acids is 1. The van der Waals surface area contributed by atoms with Gasteiger partial charge in [0.25, 0.3) is 0 Å². The van der Waals surface area contributed by atoms with Crippen LogP contribution in [0.25, 0.3) is 0 Å². The molecule has 4 nitrogen and oxygen atoms in total. The van der Waals surface area contributed by atoms with Gasteiger partial charge in [-0.3, -0.25) is 4.79 Å². The first-order chi connectivity index (χ1) is 6.06. The van der Waals surface area contributed by atoms with E-state index in [2.05, 4.69) is 5.32 Å². The van der Waals surface area contributed by atoms with Crippen LogP contribution >= 0.6 is 0 Å². The van der Waals surface area contributed by atoms with Crippen LogP contribution in [0.1, 0.15) is 26.7 Å². The number of amides is 1. The second kappa shape index (κ2) is 6.22. The largest absolute Gasteiger partial charge is 0.478 e. The Morgan fingerprint density at radius 3 is 2.62 bits per heavy atom. The number of carboxylic acid groups (broad SMARTS) is 1. The van der Waals surface area contributed by atoms with Gasteiger partial charge in [0.05, 0.1) is 0 Å². The van der Waals surface area contributed by atoms with E-state index >= 15 is 0 Å². The zero-order valence-electron chi connectivity index (χ0n) is 7.91. The number of hydrogen-bond acceptors (Lipinski definition) is 2. The van der Waals surface area contributed by atoms with E-state index in [0.717, 1.165) is 18.7 Å². The smallest absolute Gasteiger partial charge is 0.329 e. The fourth-order valence-corrected chi connectivity index (χ4v) is 0.726. The summed E-state index contributed by atoms with van der Waals surface area (Å²) in [5, 5.41) is 10.6. The molecule has 0 aliphatic heterocycles. The van der Waals surface area contributed by atoms with E-state index < -0.39 is 5.97 Å². The van der Waals surface area contributed by atoms with Crippen molar-refractivity contribution in [3.63, 3.8) is 0 Å². The van der Waals surface area contributed by atoms with Crippen LogP contribution in [0, 0.1) is 5.92 Å². The second-order valence-corrected chi connectivity index (χ2v) is 2.96. The zero-order valence-corrected chi connectivity index (χ0v) is 7.91. The summed E-state index contributed by atoms with van der Waals surface area (Å²) < 4.78 is 0. The lowest BCUT2D eigenvalue weighted by molar-refractivity contribution is -0.131. The molecular formula is C9H15NO3. The van der Waals surface area contributed by atoms with Crippen LogP contribution in [0.4, 0.5) is 0 Å². The van der Waals surface area contributed by atoms with E-state index in [1.165, 1.54) is 0 Å². The summed E-state index contributed by atoms with van der Waals surface area (Å²) in [6.45, 7) is 3.98. The van der Waals surface area contributed by atoms with E-state index in [1.54, 1.807) is 0 Å². The topological polar surface area (TPSA) is 66.4 Å². The van der Waals surface area contributed by atoms with Crippen LogP contribution in [-0.4, -0.2) is 17.0 Å². The van der Waals surface area contributed by atoms with Gasteiger partial charge in [0.1, 0.15) is 0 Å². The number of aliphatic carboxylic acids is 1.